The number of ether oxygens (including phenoxy) is 1. The zero-order valence-corrected chi connectivity index (χ0v) is 12.0. The number of furan rings is 1. The Labute approximate surface area is 129 Å². The summed E-state index contributed by atoms with van der Waals surface area (Å²) >= 11 is 11.7. The number of fused-ring (bicyclic) bond motifs is 1. The highest BCUT2D eigenvalue weighted by Gasteiger charge is 2.12. The SMILES string of the molecule is O=C(O)c1ccc(Oc2cccc3cc(Cl)oc23)cc1Cl. The Bertz CT molecular complexity index is 839. The molecular weight excluding hydrogens is 315 g/mol. The van der Waals surface area contributed by atoms with Crippen LogP contribution in [0.15, 0.2) is 46.9 Å². The van der Waals surface area contributed by atoms with Gasteiger partial charge in [0.1, 0.15) is 5.75 Å². The Morgan fingerprint density at radius 3 is 2.67 bits per heavy atom. The molecule has 0 fully saturated rings. The second-order valence-electron chi connectivity index (χ2n) is 4.27. The van der Waals surface area contributed by atoms with Crippen LogP contribution in [0.2, 0.25) is 10.2 Å². The van der Waals surface area contributed by atoms with Gasteiger partial charge in [-0.25, -0.2) is 4.79 Å². The van der Waals surface area contributed by atoms with E-state index < -0.39 is 5.97 Å². The van der Waals surface area contributed by atoms with Gasteiger partial charge in [0.15, 0.2) is 16.6 Å². The number of carboxylic acid groups (broad SMARTS) is 1. The molecule has 106 valence electrons. The molecule has 1 N–H and O–H groups in total. The van der Waals surface area contributed by atoms with Crippen molar-refractivity contribution < 1.29 is 19.1 Å². The number of carbonyl (C=O) groups is 1. The molecule has 0 aliphatic heterocycles. The predicted octanol–water partition coefficient (Wildman–Crippen LogP) is 5.23. The Balaban J connectivity index is 1.99. The van der Waals surface area contributed by atoms with Gasteiger partial charge in [-0.2, -0.15) is 0 Å². The number of rotatable bonds is 3. The molecule has 0 amide bonds. The highest BCUT2D eigenvalue weighted by atomic mass is 35.5. The minimum atomic E-state index is -1.09. The number of carboxylic acids is 1. The van der Waals surface area contributed by atoms with Crippen LogP contribution in [0.1, 0.15) is 10.4 Å². The van der Waals surface area contributed by atoms with Crippen LogP contribution in [-0.2, 0) is 0 Å². The van der Waals surface area contributed by atoms with Gasteiger partial charge in [-0.15, -0.1) is 0 Å². The fourth-order valence-corrected chi connectivity index (χ4v) is 2.39. The van der Waals surface area contributed by atoms with Gasteiger partial charge in [-0.05, 0) is 29.8 Å². The zero-order valence-electron chi connectivity index (χ0n) is 10.5. The van der Waals surface area contributed by atoms with E-state index in [1.54, 1.807) is 18.2 Å². The van der Waals surface area contributed by atoms with Gasteiger partial charge in [-0.3, -0.25) is 0 Å². The molecule has 0 radical (unpaired) electrons. The van der Waals surface area contributed by atoms with E-state index in [9.17, 15) is 4.79 Å². The average Bonchev–Trinajstić information content (AvgIpc) is 2.80. The van der Waals surface area contributed by atoms with Crippen molar-refractivity contribution in [3.63, 3.8) is 0 Å². The van der Waals surface area contributed by atoms with Gasteiger partial charge in [0, 0.05) is 17.5 Å². The van der Waals surface area contributed by atoms with E-state index in [2.05, 4.69) is 0 Å². The van der Waals surface area contributed by atoms with E-state index in [0.29, 0.717) is 17.1 Å². The highest BCUT2D eigenvalue weighted by molar-refractivity contribution is 6.33. The largest absolute Gasteiger partial charge is 0.478 e. The van der Waals surface area contributed by atoms with Crippen molar-refractivity contribution in [3.05, 3.63) is 58.3 Å². The van der Waals surface area contributed by atoms with E-state index in [1.807, 2.05) is 6.07 Å². The quantitative estimate of drug-likeness (QED) is 0.717. The van der Waals surface area contributed by atoms with Gasteiger partial charge in [0.25, 0.3) is 0 Å². The monoisotopic (exact) mass is 322 g/mol. The van der Waals surface area contributed by atoms with Crippen LogP contribution in [-0.4, -0.2) is 11.1 Å². The molecule has 0 saturated carbocycles. The predicted molar refractivity (Wildman–Crippen MR) is 79.7 cm³/mol. The van der Waals surface area contributed by atoms with Gasteiger partial charge in [0.05, 0.1) is 10.6 Å². The molecule has 0 aliphatic carbocycles. The number of aromatic carboxylic acids is 1. The first-order valence-electron chi connectivity index (χ1n) is 5.93. The van der Waals surface area contributed by atoms with E-state index in [4.69, 9.17) is 37.5 Å². The number of hydrogen-bond acceptors (Lipinski definition) is 3. The molecule has 0 saturated heterocycles. The Hall–Kier alpha value is -2.17. The van der Waals surface area contributed by atoms with E-state index in [-0.39, 0.29) is 15.8 Å². The van der Waals surface area contributed by atoms with Gasteiger partial charge < -0.3 is 14.3 Å². The minimum absolute atomic E-state index is 0.0169. The first-order valence-corrected chi connectivity index (χ1v) is 6.69. The maximum atomic E-state index is 10.9. The van der Waals surface area contributed by atoms with E-state index in [0.717, 1.165) is 5.39 Å². The van der Waals surface area contributed by atoms with Gasteiger partial charge in [0.2, 0.25) is 0 Å². The topological polar surface area (TPSA) is 59.7 Å². The molecule has 0 bridgehead atoms. The van der Waals surface area contributed by atoms with E-state index in [1.165, 1.54) is 18.2 Å². The summed E-state index contributed by atoms with van der Waals surface area (Å²) < 4.78 is 11.1. The summed E-state index contributed by atoms with van der Waals surface area (Å²) in [6.07, 6.45) is 0. The van der Waals surface area contributed by atoms with Crippen LogP contribution >= 0.6 is 23.2 Å². The lowest BCUT2D eigenvalue weighted by atomic mass is 10.2. The van der Waals surface area contributed by atoms with Crippen molar-refractivity contribution in [1.82, 2.24) is 0 Å². The van der Waals surface area contributed by atoms with Crippen molar-refractivity contribution in [2.75, 3.05) is 0 Å². The molecule has 0 unspecified atom stereocenters. The summed E-state index contributed by atoms with van der Waals surface area (Å²) in [6, 6.07) is 11.4. The summed E-state index contributed by atoms with van der Waals surface area (Å²) in [5, 5.41) is 10.1. The normalized spacial score (nSPS) is 10.8. The van der Waals surface area contributed by atoms with Crippen LogP contribution in [0.25, 0.3) is 11.0 Å². The number of hydrogen-bond donors (Lipinski definition) is 1. The maximum Gasteiger partial charge on any atom is 0.337 e. The van der Waals surface area contributed by atoms with Gasteiger partial charge in [-0.1, -0.05) is 23.7 Å². The molecule has 0 atom stereocenters. The van der Waals surface area contributed by atoms with Crippen molar-refractivity contribution >= 4 is 40.1 Å². The Morgan fingerprint density at radius 1 is 1.14 bits per heavy atom. The average molecular weight is 323 g/mol. The number of halogens is 2. The summed E-state index contributed by atoms with van der Waals surface area (Å²) in [5.41, 5.74) is 0.532. The summed E-state index contributed by atoms with van der Waals surface area (Å²) in [7, 11) is 0. The molecular formula is C15H8Cl2O4. The zero-order chi connectivity index (χ0) is 15.0. The van der Waals surface area contributed by atoms with Crippen LogP contribution in [0.3, 0.4) is 0 Å². The molecule has 4 nitrogen and oxygen atoms in total. The third kappa shape index (κ3) is 2.68. The van der Waals surface area contributed by atoms with Crippen LogP contribution in [0.5, 0.6) is 11.5 Å². The van der Waals surface area contributed by atoms with E-state index >= 15 is 0 Å². The summed E-state index contributed by atoms with van der Waals surface area (Å²) in [6.45, 7) is 0. The first-order chi connectivity index (χ1) is 10.0. The molecule has 6 heteroatoms. The fraction of sp³-hybridized carbons (Fsp3) is 0. The molecule has 1 heterocycles. The Kier molecular flexibility index (Phi) is 3.49. The van der Waals surface area contributed by atoms with Crippen molar-refractivity contribution in [2.45, 2.75) is 0 Å². The summed E-state index contributed by atoms with van der Waals surface area (Å²) in [4.78, 5) is 10.9. The number of para-hydroxylation sites is 1. The third-order valence-corrected chi connectivity index (χ3v) is 3.38. The van der Waals surface area contributed by atoms with Crippen LogP contribution in [0, 0.1) is 0 Å². The van der Waals surface area contributed by atoms with Crippen molar-refractivity contribution in [2.24, 2.45) is 0 Å². The molecule has 0 aliphatic rings. The highest BCUT2D eigenvalue weighted by Crippen LogP contribution is 2.34. The van der Waals surface area contributed by atoms with Crippen LogP contribution < -0.4 is 4.74 Å². The third-order valence-electron chi connectivity index (χ3n) is 2.88. The molecule has 1 aromatic heterocycles. The number of benzene rings is 2. The maximum absolute atomic E-state index is 10.9. The lowest BCUT2D eigenvalue weighted by molar-refractivity contribution is 0.0697. The molecule has 21 heavy (non-hydrogen) atoms. The molecule has 0 spiro atoms. The second-order valence-corrected chi connectivity index (χ2v) is 5.05. The lowest BCUT2D eigenvalue weighted by Crippen LogP contribution is -1.97. The van der Waals surface area contributed by atoms with Crippen LogP contribution in [0.4, 0.5) is 0 Å². The molecule has 3 rings (SSSR count). The second kappa shape index (κ2) is 5.31. The standard InChI is InChI=1S/C15H8Cl2O4/c16-11-7-9(4-5-10(11)15(18)19)20-12-3-1-2-8-6-13(17)21-14(8)12/h1-7H,(H,18,19). The first kappa shape index (κ1) is 13.8. The Morgan fingerprint density at radius 2 is 1.95 bits per heavy atom. The van der Waals surface area contributed by atoms with Gasteiger partial charge >= 0.3 is 5.97 Å². The summed E-state index contributed by atoms with van der Waals surface area (Å²) in [5.74, 6) is -0.213. The lowest BCUT2D eigenvalue weighted by Gasteiger charge is -2.07. The fourth-order valence-electron chi connectivity index (χ4n) is 1.95. The molecule has 2 aromatic carbocycles. The van der Waals surface area contributed by atoms with Crippen molar-refractivity contribution in [3.8, 4) is 11.5 Å². The minimum Gasteiger partial charge on any atom is -0.478 e. The van der Waals surface area contributed by atoms with Crippen molar-refractivity contribution in [1.29, 1.82) is 0 Å². The smallest absolute Gasteiger partial charge is 0.337 e. The molecule has 3 aromatic rings.